The molecule has 26 heavy (non-hydrogen) atoms. The molecule has 0 aliphatic carbocycles. The molecule has 144 valence electrons. The van der Waals surface area contributed by atoms with Gasteiger partial charge in [-0.25, -0.2) is 23.1 Å². The summed E-state index contributed by atoms with van der Waals surface area (Å²) in [4.78, 5) is 8.97. The Balaban J connectivity index is 2.10. The zero-order valence-corrected chi connectivity index (χ0v) is 14.0. The molecule has 1 N–H and O–H groups in total. The van der Waals surface area contributed by atoms with Crippen LogP contribution < -0.4 is 5.32 Å². The van der Waals surface area contributed by atoms with Gasteiger partial charge in [0.2, 0.25) is 0 Å². The molecule has 0 aliphatic rings. The molecule has 0 atom stereocenters. The van der Waals surface area contributed by atoms with Crippen LogP contribution in [-0.4, -0.2) is 47.2 Å². The third kappa shape index (κ3) is 5.72. The van der Waals surface area contributed by atoms with Gasteiger partial charge in [0.1, 0.15) is 11.6 Å². The van der Waals surface area contributed by atoms with Crippen LogP contribution in [0.1, 0.15) is 25.6 Å². The summed E-state index contributed by atoms with van der Waals surface area (Å²) < 4.78 is 76.2. The molecule has 0 saturated carbocycles. The zero-order valence-electron chi connectivity index (χ0n) is 14.0. The summed E-state index contributed by atoms with van der Waals surface area (Å²) in [5, 5.41) is 3.03. The van der Waals surface area contributed by atoms with Gasteiger partial charge in [-0.2, -0.15) is 13.2 Å². The van der Waals surface area contributed by atoms with Gasteiger partial charge in [-0.1, -0.05) is 6.92 Å². The summed E-state index contributed by atoms with van der Waals surface area (Å²) in [6.07, 6.45) is -8.07. The van der Waals surface area contributed by atoms with Crippen LogP contribution in [0.25, 0.3) is 10.9 Å². The summed E-state index contributed by atoms with van der Waals surface area (Å²) in [7, 11) is 0. The minimum atomic E-state index is -4.24. The lowest BCUT2D eigenvalue weighted by Gasteiger charge is -2.21. The molecule has 0 saturated heterocycles. The third-order valence-corrected chi connectivity index (χ3v) is 3.75. The van der Waals surface area contributed by atoms with Crippen LogP contribution in [0.3, 0.4) is 0 Å². The van der Waals surface area contributed by atoms with E-state index in [4.69, 9.17) is 0 Å². The van der Waals surface area contributed by atoms with Crippen molar-refractivity contribution in [3.05, 3.63) is 29.8 Å². The van der Waals surface area contributed by atoms with E-state index < -0.39 is 30.7 Å². The highest BCUT2D eigenvalue weighted by molar-refractivity contribution is 5.89. The van der Waals surface area contributed by atoms with E-state index >= 15 is 0 Å². The Labute approximate surface area is 146 Å². The molecule has 2 aromatic rings. The number of fused-ring (bicyclic) bond motifs is 1. The van der Waals surface area contributed by atoms with Crippen molar-refractivity contribution in [3.8, 4) is 0 Å². The van der Waals surface area contributed by atoms with Crippen molar-refractivity contribution in [2.45, 2.75) is 25.9 Å². The first kappa shape index (κ1) is 20.2. The van der Waals surface area contributed by atoms with Gasteiger partial charge < -0.3 is 10.2 Å². The van der Waals surface area contributed by atoms with Crippen LogP contribution in [0.15, 0.2) is 18.2 Å². The Morgan fingerprint density at radius 2 is 1.88 bits per heavy atom. The first-order valence-corrected chi connectivity index (χ1v) is 7.98. The Bertz CT molecular complexity index is 734. The Kier molecular flexibility index (Phi) is 6.63. The second kappa shape index (κ2) is 8.52. The number of aromatic nitrogens is 2. The van der Waals surface area contributed by atoms with Gasteiger partial charge in [-0.15, -0.1) is 0 Å². The molecule has 10 heteroatoms. The average Bonchev–Trinajstić information content (AvgIpc) is 2.56. The Morgan fingerprint density at radius 1 is 1.15 bits per heavy atom. The number of anilines is 1. The van der Waals surface area contributed by atoms with Gasteiger partial charge in [-0.05, 0) is 24.7 Å². The van der Waals surface area contributed by atoms with Crippen molar-refractivity contribution in [1.82, 2.24) is 14.9 Å². The monoisotopic (exact) mass is 380 g/mol. The maximum Gasteiger partial charge on any atom is 0.390 e. The van der Waals surface area contributed by atoms with Crippen LogP contribution in [0.5, 0.6) is 0 Å². The average molecular weight is 380 g/mol. The molecule has 0 fully saturated rings. The molecule has 1 aromatic carbocycles. The lowest BCUT2D eigenvalue weighted by molar-refractivity contribution is -0.137. The van der Waals surface area contributed by atoms with E-state index in [1.165, 1.54) is 6.07 Å². The third-order valence-electron chi connectivity index (χ3n) is 3.75. The van der Waals surface area contributed by atoms with Gasteiger partial charge in [0, 0.05) is 25.0 Å². The molecule has 0 amide bonds. The Hall–Kier alpha value is -2.10. The number of hydrogen-bond donors (Lipinski definition) is 1. The van der Waals surface area contributed by atoms with Crippen molar-refractivity contribution >= 4 is 16.7 Å². The van der Waals surface area contributed by atoms with Crippen LogP contribution in [0, 0.1) is 5.82 Å². The van der Waals surface area contributed by atoms with Gasteiger partial charge in [0.05, 0.1) is 11.9 Å². The van der Waals surface area contributed by atoms with Crippen molar-refractivity contribution in [2.75, 3.05) is 31.5 Å². The fourth-order valence-corrected chi connectivity index (χ4v) is 2.40. The maximum absolute atomic E-state index is 13.4. The second-order valence-corrected chi connectivity index (χ2v) is 5.62. The molecular formula is C16H18F6N4. The standard InChI is InChI=1S/C16H18F6N4/c1-2-26(7-5-16(20,21)22)8-6-23-14-11-9-10(17)3-4-12(11)24-15(25-14)13(18)19/h3-4,9,13H,2,5-8H2,1H3,(H,23,24,25). The fourth-order valence-electron chi connectivity index (χ4n) is 2.40. The van der Waals surface area contributed by atoms with E-state index in [9.17, 15) is 26.3 Å². The molecular weight excluding hydrogens is 362 g/mol. The van der Waals surface area contributed by atoms with Crippen molar-refractivity contribution in [2.24, 2.45) is 0 Å². The molecule has 0 aliphatic heterocycles. The molecule has 0 unspecified atom stereocenters. The molecule has 1 heterocycles. The van der Waals surface area contributed by atoms with E-state index in [1.807, 2.05) is 0 Å². The summed E-state index contributed by atoms with van der Waals surface area (Å²) in [6, 6.07) is 3.49. The minimum Gasteiger partial charge on any atom is -0.368 e. The van der Waals surface area contributed by atoms with Crippen molar-refractivity contribution < 1.29 is 26.3 Å². The van der Waals surface area contributed by atoms with E-state index in [0.29, 0.717) is 6.54 Å². The predicted molar refractivity (Wildman–Crippen MR) is 85.7 cm³/mol. The SMILES string of the molecule is CCN(CCNc1nc(C(F)F)nc2ccc(F)cc12)CCC(F)(F)F. The molecule has 4 nitrogen and oxygen atoms in total. The van der Waals surface area contributed by atoms with Gasteiger partial charge in [-0.3, -0.25) is 0 Å². The van der Waals surface area contributed by atoms with Crippen molar-refractivity contribution in [3.63, 3.8) is 0 Å². The highest BCUT2D eigenvalue weighted by atomic mass is 19.4. The highest BCUT2D eigenvalue weighted by Gasteiger charge is 2.27. The predicted octanol–water partition coefficient (Wildman–Crippen LogP) is 4.39. The van der Waals surface area contributed by atoms with E-state index in [1.54, 1.807) is 11.8 Å². The topological polar surface area (TPSA) is 41.0 Å². The number of halogens is 6. The van der Waals surface area contributed by atoms with Gasteiger partial charge in [0.15, 0.2) is 5.82 Å². The van der Waals surface area contributed by atoms with Crippen molar-refractivity contribution in [1.29, 1.82) is 0 Å². The quantitative estimate of drug-likeness (QED) is 0.690. The summed E-state index contributed by atoms with van der Waals surface area (Å²) >= 11 is 0. The lowest BCUT2D eigenvalue weighted by atomic mass is 10.2. The summed E-state index contributed by atoms with van der Waals surface area (Å²) in [5.74, 6) is -1.25. The minimum absolute atomic E-state index is 0.0247. The van der Waals surface area contributed by atoms with Crippen LogP contribution in [-0.2, 0) is 0 Å². The number of alkyl halides is 5. The first-order valence-electron chi connectivity index (χ1n) is 7.98. The van der Waals surface area contributed by atoms with Crippen LogP contribution >= 0.6 is 0 Å². The fraction of sp³-hybridized carbons (Fsp3) is 0.500. The largest absolute Gasteiger partial charge is 0.390 e. The number of benzene rings is 1. The maximum atomic E-state index is 13.4. The van der Waals surface area contributed by atoms with Gasteiger partial charge >= 0.3 is 6.18 Å². The smallest absolute Gasteiger partial charge is 0.368 e. The summed E-state index contributed by atoms with van der Waals surface area (Å²) in [6.45, 7) is 2.37. The molecule has 0 radical (unpaired) electrons. The Morgan fingerprint density at radius 3 is 2.50 bits per heavy atom. The number of hydrogen-bond acceptors (Lipinski definition) is 4. The zero-order chi connectivity index (χ0) is 19.3. The number of nitrogens with zero attached hydrogens (tertiary/aromatic N) is 3. The van der Waals surface area contributed by atoms with E-state index in [2.05, 4.69) is 15.3 Å². The van der Waals surface area contributed by atoms with E-state index in [-0.39, 0.29) is 36.4 Å². The van der Waals surface area contributed by atoms with Crippen LogP contribution in [0.4, 0.5) is 32.2 Å². The second-order valence-electron chi connectivity index (χ2n) is 5.62. The number of rotatable bonds is 8. The van der Waals surface area contributed by atoms with Gasteiger partial charge in [0.25, 0.3) is 6.43 Å². The normalized spacial score (nSPS) is 12.3. The lowest BCUT2D eigenvalue weighted by Crippen LogP contribution is -2.32. The molecule has 1 aromatic heterocycles. The summed E-state index contributed by atoms with van der Waals surface area (Å²) in [5.41, 5.74) is 0.156. The first-order chi connectivity index (χ1) is 12.2. The van der Waals surface area contributed by atoms with Crippen LogP contribution in [0.2, 0.25) is 0 Å². The molecule has 0 bridgehead atoms. The molecule has 2 rings (SSSR count). The molecule has 0 spiro atoms. The number of likely N-dealkylation sites (N-methyl/N-ethyl adjacent to an activating group) is 1. The van der Waals surface area contributed by atoms with E-state index in [0.717, 1.165) is 12.1 Å². The highest BCUT2D eigenvalue weighted by Crippen LogP contribution is 2.25. The number of nitrogens with one attached hydrogen (secondary N) is 1.